The predicted molar refractivity (Wildman–Crippen MR) is 110 cm³/mol. The molecule has 0 saturated heterocycles. The number of carbonyl (C=O) groups excluding carboxylic acids is 1. The molecule has 158 valence electrons. The summed E-state index contributed by atoms with van der Waals surface area (Å²) in [6.45, 7) is -0.0928. The number of ketones is 1. The molecule has 31 heavy (non-hydrogen) atoms. The zero-order valence-corrected chi connectivity index (χ0v) is 19.7. The number of Topliss-reactive ketones (excluding diaryl/α,β-unsaturated/α-hetero) is 1. The fourth-order valence-electron chi connectivity index (χ4n) is 2.64. The normalized spacial score (nSPS) is 13.0. The average Bonchev–Trinajstić information content (AvgIpc) is 2.76. The fourth-order valence-corrected chi connectivity index (χ4v) is 3.20. The Balaban J connectivity index is 0.00000256. The molecule has 0 aliphatic carbocycles. The van der Waals surface area contributed by atoms with E-state index >= 15 is 0 Å². The fraction of sp³-hybridized carbons (Fsp3) is 0.136. The van der Waals surface area contributed by atoms with E-state index in [2.05, 4.69) is 0 Å². The number of ether oxygens (including phenoxy) is 2. The van der Waals surface area contributed by atoms with Crippen molar-refractivity contribution < 1.29 is 63.3 Å². The summed E-state index contributed by atoms with van der Waals surface area (Å²) in [5.41, 5.74) is 1.29. The van der Waals surface area contributed by atoms with Crippen LogP contribution in [0.3, 0.4) is 0 Å². The minimum atomic E-state index is -5.29. The van der Waals surface area contributed by atoms with Gasteiger partial charge in [-0.05, 0) is 35.4 Å². The van der Waals surface area contributed by atoms with Crippen molar-refractivity contribution in [2.75, 3.05) is 0 Å². The van der Waals surface area contributed by atoms with Gasteiger partial charge < -0.3 is 16.0 Å². The Labute approximate surface area is 204 Å². The molecule has 0 amide bonds. The Morgan fingerprint density at radius 2 is 1.32 bits per heavy atom. The summed E-state index contributed by atoms with van der Waals surface area (Å²) in [6.07, 6.45) is 0. The van der Waals surface area contributed by atoms with Crippen LogP contribution in [-0.2, 0) is 28.1 Å². The second kappa shape index (κ2) is 11.0. The zero-order valence-electron chi connectivity index (χ0n) is 17.8. The smallest absolute Gasteiger partial charge is 1.00 e. The van der Waals surface area contributed by atoms with Crippen molar-refractivity contribution in [2.24, 2.45) is 0 Å². The minimum absolute atomic E-state index is 0. The third kappa shape index (κ3) is 6.47. The molecule has 0 spiro atoms. The van der Waals surface area contributed by atoms with Crippen LogP contribution in [0.25, 0.3) is 0 Å². The second-order valence-electron chi connectivity index (χ2n) is 6.46. The summed E-state index contributed by atoms with van der Waals surface area (Å²) in [4.78, 5) is 12.7. The molecule has 9 heteroatoms. The topological polar surface area (TPSA) is 110 Å². The van der Waals surface area contributed by atoms with E-state index in [9.17, 15) is 22.9 Å². The molecule has 0 aromatic heterocycles. The van der Waals surface area contributed by atoms with Gasteiger partial charge in [-0.1, -0.05) is 60.7 Å². The van der Waals surface area contributed by atoms with Crippen LogP contribution >= 0.6 is 0 Å². The first-order chi connectivity index (χ1) is 14.3. The number of hydrogen-bond acceptors (Lipinski definition) is 6. The van der Waals surface area contributed by atoms with Crippen molar-refractivity contribution in [3.8, 4) is 5.75 Å². The molecule has 3 aromatic carbocycles. The third-order valence-electron chi connectivity index (χ3n) is 4.28. The van der Waals surface area contributed by atoms with Gasteiger partial charge in [-0.25, -0.2) is 0 Å². The molecule has 1 atom stereocenters. The van der Waals surface area contributed by atoms with Gasteiger partial charge >= 0.3 is 44.8 Å². The monoisotopic (exact) mass is 452 g/mol. The molecular weight excluding hydrogens is 431 g/mol. The summed E-state index contributed by atoms with van der Waals surface area (Å²) in [5.74, 6) is -0.869. The van der Waals surface area contributed by atoms with E-state index < -0.39 is 27.6 Å². The summed E-state index contributed by atoms with van der Waals surface area (Å²) in [7, 11) is -5.29. The summed E-state index contributed by atoms with van der Waals surface area (Å²) < 4.78 is 43.5. The van der Waals surface area contributed by atoms with Crippen molar-refractivity contribution in [1.29, 1.82) is 0 Å². The number of rotatable bonds is 9. The van der Waals surface area contributed by atoms with Crippen LogP contribution in [0.4, 0.5) is 0 Å². The molecule has 0 aliphatic heterocycles. The molecule has 0 radical (unpaired) electrons. The molecule has 1 unspecified atom stereocenters. The molecule has 7 nitrogen and oxygen atoms in total. The molecule has 3 aromatic rings. The first-order valence-corrected chi connectivity index (χ1v) is 10.4. The van der Waals surface area contributed by atoms with E-state index in [0.717, 1.165) is 5.56 Å². The molecule has 2 N–H and O–H groups in total. The van der Waals surface area contributed by atoms with E-state index in [1.54, 1.807) is 30.3 Å². The quantitative estimate of drug-likeness (QED) is 0.208. The Morgan fingerprint density at radius 3 is 1.81 bits per heavy atom. The first-order valence-electron chi connectivity index (χ1n) is 8.98. The van der Waals surface area contributed by atoms with Crippen LogP contribution in [0.15, 0.2) is 84.9 Å². The Bertz CT molecular complexity index is 1090. The van der Waals surface area contributed by atoms with Crippen LogP contribution < -0.4 is 34.3 Å². The van der Waals surface area contributed by atoms with E-state index in [-0.39, 0.29) is 36.5 Å². The van der Waals surface area contributed by atoms with Gasteiger partial charge in [-0.2, -0.15) is 8.42 Å². The van der Waals surface area contributed by atoms with Crippen LogP contribution in [0.2, 0.25) is 0 Å². The van der Waals surface area contributed by atoms with Crippen LogP contribution in [0, 0.1) is 0 Å². The standard InChI is InChI=1S/C22H20O7S.Na.H/c23-21(22(24,30(25,26)27)29-16-18-9-5-2-6-10-18)19-11-13-20(14-12-19)28-15-17-7-3-1-4-8-17;;/h1-14,24H,15-16H2,(H,25,26,27);;/q;+1;-1. The summed E-state index contributed by atoms with van der Waals surface area (Å²) in [5, 5.41) is 6.98. The molecule has 3 rings (SSSR count). The predicted octanol–water partition coefficient (Wildman–Crippen LogP) is 0.315. The Kier molecular flexibility index (Phi) is 8.96. The van der Waals surface area contributed by atoms with E-state index in [1.807, 2.05) is 30.3 Å². The molecule has 0 fully saturated rings. The van der Waals surface area contributed by atoms with Crippen LogP contribution in [0.5, 0.6) is 5.75 Å². The third-order valence-corrected chi connectivity index (χ3v) is 5.28. The van der Waals surface area contributed by atoms with Crippen LogP contribution in [0.1, 0.15) is 22.9 Å². The molecule has 0 bridgehead atoms. The number of aliphatic hydroxyl groups is 1. The van der Waals surface area contributed by atoms with Crippen molar-refractivity contribution in [3.63, 3.8) is 0 Å². The zero-order chi connectivity index (χ0) is 21.6. The average molecular weight is 452 g/mol. The Morgan fingerprint density at radius 1 is 0.839 bits per heavy atom. The van der Waals surface area contributed by atoms with Crippen molar-refractivity contribution in [3.05, 3.63) is 102 Å². The van der Waals surface area contributed by atoms with Gasteiger partial charge in [0.1, 0.15) is 12.4 Å². The summed E-state index contributed by atoms with van der Waals surface area (Å²) >= 11 is 0. The van der Waals surface area contributed by atoms with Gasteiger partial charge in [-0.15, -0.1) is 0 Å². The van der Waals surface area contributed by atoms with E-state index in [1.165, 1.54) is 24.3 Å². The number of carbonyl (C=O) groups is 1. The molecule has 0 heterocycles. The number of hydrogen-bond donors (Lipinski definition) is 2. The largest absolute Gasteiger partial charge is 1.00 e. The maximum absolute atomic E-state index is 12.7. The van der Waals surface area contributed by atoms with E-state index in [0.29, 0.717) is 17.9 Å². The van der Waals surface area contributed by atoms with Crippen molar-refractivity contribution >= 4 is 15.9 Å². The van der Waals surface area contributed by atoms with Gasteiger partial charge in [0.15, 0.2) is 0 Å². The molecule has 0 saturated carbocycles. The maximum Gasteiger partial charge on any atom is 1.00 e. The van der Waals surface area contributed by atoms with Gasteiger partial charge in [0, 0.05) is 5.56 Å². The van der Waals surface area contributed by atoms with Gasteiger partial charge in [-0.3, -0.25) is 9.35 Å². The van der Waals surface area contributed by atoms with Crippen LogP contribution in [-0.4, -0.2) is 29.0 Å². The van der Waals surface area contributed by atoms with Gasteiger partial charge in [0.05, 0.1) is 6.61 Å². The summed E-state index contributed by atoms with van der Waals surface area (Å²) in [6, 6.07) is 23.3. The van der Waals surface area contributed by atoms with E-state index in [4.69, 9.17) is 9.47 Å². The van der Waals surface area contributed by atoms with Crippen molar-refractivity contribution in [1.82, 2.24) is 0 Å². The minimum Gasteiger partial charge on any atom is -1.00 e. The van der Waals surface area contributed by atoms with Gasteiger partial charge in [0.2, 0.25) is 5.78 Å². The Hall–Kier alpha value is -2.04. The second-order valence-corrected chi connectivity index (χ2v) is 7.96. The molecular formula is C22H21NaO7S. The maximum atomic E-state index is 12.7. The number of benzene rings is 3. The molecule has 0 aliphatic rings. The first kappa shape index (κ1) is 25.2. The van der Waals surface area contributed by atoms with Gasteiger partial charge in [0.25, 0.3) is 0 Å². The van der Waals surface area contributed by atoms with Crippen molar-refractivity contribution in [2.45, 2.75) is 18.3 Å². The SMILES string of the molecule is O=C(c1ccc(OCc2ccccc2)cc1)C(O)(OCc1ccccc1)S(=O)(=O)O.[H-].[Na+].